The van der Waals surface area contributed by atoms with Crippen molar-refractivity contribution in [2.24, 2.45) is 5.92 Å². The number of carboxylic acids is 1. The van der Waals surface area contributed by atoms with E-state index in [4.69, 9.17) is 9.84 Å². The molecule has 1 aromatic rings. The van der Waals surface area contributed by atoms with Gasteiger partial charge in [0.2, 0.25) is 5.91 Å². The maximum Gasteiger partial charge on any atom is 0.335 e. The molecule has 22 heavy (non-hydrogen) atoms. The van der Waals surface area contributed by atoms with Gasteiger partial charge in [-0.3, -0.25) is 4.79 Å². The zero-order chi connectivity index (χ0) is 15.9. The van der Waals surface area contributed by atoms with Crippen molar-refractivity contribution >= 4 is 11.9 Å². The maximum absolute atomic E-state index is 12.0. The molecule has 1 aliphatic heterocycles. The van der Waals surface area contributed by atoms with Crippen LogP contribution in [0.5, 0.6) is 0 Å². The number of ether oxygens (including phenoxy) is 1. The second kappa shape index (κ2) is 7.94. The molecular weight excluding hydrogens is 282 g/mol. The van der Waals surface area contributed by atoms with Crippen LogP contribution in [-0.4, -0.2) is 48.2 Å². The van der Waals surface area contributed by atoms with Crippen LogP contribution in [0.3, 0.4) is 0 Å². The Kier molecular flexibility index (Phi) is 5.95. The van der Waals surface area contributed by atoms with Crippen molar-refractivity contribution in [3.05, 3.63) is 35.4 Å². The lowest BCUT2D eigenvalue weighted by molar-refractivity contribution is -0.131. The summed E-state index contributed by atoms with van der Waals surface area (Å²) in [6, 6.07) is 7.05. The lowest BCUT2D eigenvalue weighted by atomic mass is 9.97. The number of carboxylic acid groups (broad SMARTS) is 1. The number of carbonyl (C=O) groups excluding carboxylic acids is 1. The average molecular weight is 305 g/mol. The molecule has 0 aromatic heterocycles. The summed E-state index contributed by atoms with van der Waals surface area (Å²) in [5.74, 6) is -0.351. The second-order valence-corrected chi connectivity index (χ2v) is 5.65. The summed E-state index contributed by atoms with van der Waals surface area (Å²) in [6.07, 6.45) is 2.23. The van der Waals surface area contributed by atoms with Gasteiger partial charge in [-0.25, -0.2) is 4.79 Å². The minimum Gasteiger partial charge on any atom is -0.478 e. The highest BCUT2D eigenvalue weighted by Crippen LogP contribution is 2.22. The van der Waals surface area contributed by atoms with Crippen LogP contribution in [-0.2, 0) is 16.0 Å². The molecule has 0 spiro atoms. The summed E-state index contributed by atoms with van der Waals surface area (Å²) >= 11 is 0. The van der Waals surface area contributed by atoms with Crippen molar-refractivity contribution in [1.82, 2.24) is 4.90 Å². The molecule has 120 valence electrons. The standard InChI is InChI=1S/C17H23NO4/c1-2-22-9-7-16(19)18-8-6-14(12-18)10-13-4-3-5-15(11-13)17(20)21/h3-5,11,14H,2,6-10,12H2,1H3,(H,20,21)/t14-/m0/s1. The number of nitrogens with zero attached hydrogens (tertiary/aromatic N) is 1. The van der Waals surface area contributed by atoms with E-state index < -0.39 is 5.97 Å². The lowest BCUT2D eigenvalue weighted by Gasteiger charge is -2.16. The summed E-state index contributed by atoms with van der Waals surface area (Å²) in [5, 5.41) is 9.02. The van der Waals surface area contributed by atoms with Gasteiger partial charge >= 0.3 is 5.97 Å². The van der Waals surface area contributed by atoms with Crippen LogP contribution in [0.2, 0.25) is 0 Å². The molecule has 1 amide bonds. The molecule has 0 radical (unpaired) electrons. The number of hydrogen-bond acceptors (Lipinski definition) is 3. The first-order valence-electron chi connectivity index (χ1n) is 7.78. The zero-order valence-corrected chi connectivity index (χ0v) is 13.0. The van der Waals surface area contributed by atoms with Crippen LogP contribution in [0, 0.1) is 5.92 Å². The van der Waals surface area contributed by atoms with Crippen LogP contribution >= 0.6 is 0 Å². The molecule has 0 bridgehead atoms. The van der Waals surface area contributed by atoms with Gasteiger partial charge in [0.15, 0.2) is 0 Å². The van der Waals surface area contributed by atoms with E-state index in [9.17, 15) is 9.59 Å². The normalized spacial score (nSPS) is 17.7. The van der Waals surface area contributed by atoms with E-state index in [0.29, 0.717) is 31.1 Å². The Morgan fingerprint density at radius 3 is 2.95 bits per heavy atom. The van der Waals surface area contributed by atoms with Crippen LogP contribution < -0.4 is 0 Å². The van der Waals surface area contributed by atoms with E-state index in [1.54, 1.807) is 18.2 Å². The highest BCUT2D eigenvalue weighted by Gasteiger charge is 2.26. The van der Waals surface area contributed by atoms with E-state index >= 15 is 0 Å². The minimum atomic E-state index is -0.902. The van der Waals surface area contributed by atoms with Crippen LogP contribution in [0.25, 0.3) is 0 Å². The van der Waals surface area contributed by atoms with Crippen molar-refractivity contribution < 1.29 is 19.4 Å². The average Bonchev–Trinajstić information content (AvgIpc) is 2.96. The zero-order valence-electron chi connectivity index (χ0n) is 13.0. The molecule has 0 saturated carbocycles. The van der Waals surface area contributed by atoms with E-state index in [1.165, 1.54) is 0 Å². The molecule has 1 aliphatic rings. The Hall–Kier alpha value is -1.88. The first kappa shape index (κ1) is 16.5. The first-order valence-corrected chi connectivity index (χ1v) is 7.78. The van der Waals surface area contributed by atoms with Crippen molar-refractivity contribution in [2.75, 3.05) is 26.3 Å². The Labute approximate surface area is 130 Å². The SMILES string of the molecule is CCOCCC(=O)N1CC[C@@H](Cc2cccc(C(=O)O)c2)C1. The fourth-order valence-electron chi connectivity index (χ4n) is 2.85. The first-order chi connectivity index (χ1) is 10.6. The highest BCUT2D eigenvalue weighted by molar-refractivity contribution is 5.87. The quantitative estimate of drug-likeness (QED) is 0.784. The number of amides is 1. The molecule has 1 heterocycles. The number of carbonyl (C=O) groups is 2. The predicted molar refractivity (Wildman–Crippen MR) is 82.9 cm³/mol. The summed E-state index contributed by atoms with van der Waals surface area (Å²) in [6.45, 7) is 4.57. The monoisotopic (exact) mass is 305 g/mol. The summed E-state index contributed by atoms with van der Waals surface area (Å²) in [4.78, 5) is 24.9. The Balaban J connectivity index is 1.84. The molecule has 1 saturated heterocycles. The van der Waals surface area contributed by atoms with Gasteiger partial charge in [0.1, 0.15) is 0 Å². The fourth-order valence-corrected chi connectivity index (χ4v) is 2.85. The Morgan fingerprint density at radius 2 is 2.23 bits per heavy atom. The van der Waals surface area contributed by atoms with E-state index in [2.05, 4.69) is 0 Å². The van der Waals surface area contributed by atoms with Gasteiger partial charge in [0.05, 0.1) is 18.6 Å². The number of aromatic carboxylic acids is 1. The largest absolute Gasteiger partial charge is 0.478 e. The molecule has 1 fully saturated rings. The van der Waals surface area contributed by atoms with Gasteiger partial charge in [0, 0.05) is 19.7 Å². The molecule has 5 heteroatoms. The van der Waals surface area contributed by atoms with Gasteiger partial charge in [-0.15, -0.1) is 0 Å². The van der Waals surface area contributed by atoms with E-state index in [1.807, 2.05) is 17.9 Å². The third-order valence-corrected chi connectivity index (χ3v) is 4.00. The minimum absolute atomic E-state index is 0.148. The lowest BCUT2D eigenvalue weighted by Crippen LogP contribution is -2.29. The van der Waals surface area contributed by atoms with Gasteiger partial charge in [-0.2, -0.15) is 0 Å². The van der Waals surface area contributed by atoms with Crippen LogP contribution in [0.15, 0.2) is 24.3 Å². The number of benzene rings is 1. The van der Waals surface area contributed by atoms with Crippen molar-refractivity contribution in [2.45, 2.75) is 26.2 Å². The molecule has 0 unspecified atom stereocenters. The number of rotatable bonds is 7. The number of hydrogen-bond donors (Lipinski definition) is 1. The molecule has 5 nitrogen and oxygen atoms in total. The Bertz CT molecular complexity index is 529. The molecule has 0 aliphatic carbocycles. The van der Waals surface area contributed by atoms with Crippen molar-refractivity contribution in [3.63, 3.8) is 0 Å². The van der Waals surface area contributed by atoms with Gasteiger partial charge in [-0.05, 0) is 43.4 Å². The second-order valence-electron chi connectivity index (χ2n) is 5.65. The maximum atomic E-state index is 12.0. The highest BCUT2D eigenvalue weighted by atomic mass is 16.5. The van der Waals surface area contributed by atoms with Gasteiger partial charge < -0.3 is 14.7 Å². The molecule has 1 atom stereocenters. The van der Waals surface area contributed by atoms with E-state index in [0.717, 1.165) is 31.5 Å². The van der Waals surface area contributed by atoms with Gasteiger partial charge in [-0.1, -0.05) is 12.1 Å². The molecular formula is C17H23NO4. The third kappa shape index (κ3) is 4.56. The van der Waals surface area contributed by atoms with E-state index in [-0.39, 0.29) is 5.91 Å². The summed E-state index contributed by atoms with van der Waals surface area (Å²) < 4.78 is 5.22. The topological polar surface area (TPSA) is 66.8 Å². The fraction of sp³-hybridized carbons (Fsp3) is 0.529. The van der Waals surface area contributed by atoms with Crippen LogP contribution in [0.4, 0.5) is 0 Å². The smallest absolute Gasteiger partial charge is 0.335 e. The summed E-state index contributed by atoms with van der Waals surface area (Å²) in [7, 11) is 0. The Morgan fingerprint density at radius 1 is 1.41 bits per heavy atom. The molecule has 1 aromatic carbocycles. The van der Waals surface area contributed by atoms with Crippen molar-refractivity contribution in [1.29, 1.82) is 0 Å². The third-order valence-electron chi connectivity index (χ3n) is 4.00. The molecule has 2 rings (SSSR count). The van der Waals surface area contributed by atoms with Crippen LogP contribution in [0.1, 0.15) is 35.7 Å². The predicted octanol–water partition coefficient (Wildman–Crippen LogP) is 2.20. The van der Waals surface area contributed by atoms with Gasteiger partial charge in [0.25, 0.3) is 0 Å². The molecule has 1 N–H and O–H groups in total. The summed E-state index contributed by atoms with van der Waals surface area (Å²) in [5.41, 5.74) is 1.34. The number of likely N-dealkylation sites (tertiary alicyclic amines) is 1. The van der Waals surface area contributed by atoms with Crippen molar-refractivity contribution in [3.8, 4) is 0 Å².